The maximum atomic E-state index is 13.9. The molecule has 1 saturated carbocycles. The van der Waals surface area contributed by atoms with Crippen molar-refractivity contribution >= 4 is 46.7 Å². The normalized spacial score (nSPS) is 21.3. The number of aryl methyl sites for hydroxylation is 2. The van der Waals surface area contributed by atoms with Gasteiger partial charge < -0.3 is 26.8 Å². The van der Waals surface area contributed by atoms with Gasteiger partial charge in [0.1, 0.15) is 23.2 Å². The lowest BCUT2D eigenvalue weighted by molar-refractivity contribution is -0.106. The molecule has 6 N–H and O–H groups in total. The molecule has 19 heteroatoms. The zero-order valence-electron chi connectivity index (χ0n) is 34.8. The van der Waals surface area contributed by atoms with Crippen molar-refractivity contribution in [3.05, 3.63) is 101 Å². The number of rotatable bonds is 10. The summed E-state index contributed by atoms with van der Waals surface area (Å²) < 4.78 is 68.3. The fourth-order valence-electron chi connectivity index (χ4n) is 5.75. The smallest absolute Gasteiger partial charge is 0.281 e. The van der Waals surface area contributed by atoms with Crippen LogP contribution in [0.1, 0.15) is 93.7 Å². The Kier molecular flexibility index (Phi) is 17.3. The van der Waals surface area contributed by atoms with E-state index in [1.807, 2.05) is 13.8 Å². The summed E-state index contributed by atoms with van der Waals surface area (Å²) in [6.45, 7) is 12.0. The van der Waals surface area contributed by atoms with Gasteiger partial charge in [0.05, 0.1) is 65.0 Å². The fourth-order valence-corrected chi connectivity index (χ4v) is 7.00. The van der Waals surface area contributed by atoms with Crippen molar-refractivity contribution in [2.75, 3.05) is 23.0 Å². The van der Waals surface area contributed by atoms with Crippen LogP contribution in [-0.2, 0) is 20.4 Å². The minimum absolute atomic E-state index is 0.204. The lowest BCUT2D eigenvalue weighted by atomic mass is 9.84. The first kappa shape index (κ1) is 47.8. The van der Waals surface area contributed by atoms with E-state index in [2.05, 4.69) is 47.5 Å². The molecule has 2 aromatic heterocycles. The first-order valence-electron chi connectivity index (χ1n) is 19.5. The van der Waals surface area contributed by atoms with Crippen molar-refractivity contribution in [1.82, 2.24) is 19.9 Å². The Hall–Kier alpha value is -5.85. The van der Waals surface area contributed by atoms with Crippen LogP contribution in [0.2, 0.25) is 0 Å². The number of nitrogens with zero attached hydrogens (tertiary/aromatic N) is 6. The van der Waals surface area contributed by atoms with Crippen molar-refractivity contribution in [3.8, 4) is 5.88 Å². The molecule has 3 aliphatic rings. The van der Waals surface area contributed by atoms with Gasteiger partial charge in [0, 0.05) is 45.4 Å². The van der Waals surface area contributed by atoms with Crippen LogP contribution in [0.15, 0.2) is 71.2 Å². The molecule has 0 saturated heterocycles. The SMILES string of the molecule is CC1(C)C(N)=NC(c2cc(NC=O)ccc2F)CS1=O.CC1CC(c2cc(NC=O)ccc2F)N=C(N)C1C.Cc1cnc(C(F)F)cn1.Cc1cnc(OCC2CC2)cn1. The summed E-state index contributed by atoms with van der Waals surface area (Å²) in [6.07, 6.45) is 7.73. The number of amidine groups is 2. The Morgan fingerprint density at radius 2 is 1.39 bits per heavy atom. The Morgan fingerprint density at radius 3 is 1.85 bits per heavy atom. The van der Waals surface area contributed by atoms with Crippen LogP contribution in [0.25, 0.3) is 0 Å². The van der Waals surface area contributed by atoms with Crippen LogP contribution in [0.4, 0.5) is 28.9 Å². The van der Waals surface area contributed by atoms with E-state index in [-0.39, 0.29) is 40.6 Å². The topological polar surface area (TPSA) is 213 Å². The molecule has 0 spiro atoms. The molecule has 5 unspecified atom stereocenters. The third-order valence-electron chi connectivity index (χ3n) is 10.1. The lowest BCUT2D eigenvalue weighted by Crippen LogP contribution is -2.47. The summed E-state index contributed by atoms with van der Waals surface area (Å²) in [5, 5.41) is 4.97. The van der Waals surface area contributed by atoms with Crippen LogP contribution in [0.5, 0.6) is 5.88 Å². The maximum Gasteiger partial charge on any atom is 0.281 e. The third kappa shape index (κ3) is 14.1. The van der Waals surface area contributed by atoms with Crippen LogP contribution in [-0.4, -0.2) is 65.7 Å². The van der Waals surface area contributed by atoms with Gasteiger partial charge in [0.15, 0.2) is 0 Å². The molecule has 1 aliphatic carbocycles. The molecule has 1 fully saturated rings. The average molecular weight is 869 g/mol. The largest absolute Gasteiger partial charge is 0.476 e. The van der Waals surface area contributed by atoms with Crippen molar-refractivity contribution in [1.29, 1.82) is 0 Å². The molecule has 328 valence electrons. The lowest BCUT2D eigenvalue weighted by Gasteiger charge is -2.31. The quantitative estimate of drug-likeness (QED) is 0.0938. The summed E-state index contributed by atoms with van der Waals surface area (Å²) in [7, 11) is -1.24. The van der Waals surface area contributed by atoms with E-state index in [1.54, 1.807) is 39.2 Å². The van der Waals surface area contributed by atoms with Gasteiger partial charge in [0.2, 0.25) is 18.7 Å². The standard InChI is InChI=1S/C14H18FN3O.C13H16FN3O2S.C9H12N2O.C6H6F2N2/c1-8-5-13(18-14(16)9(8)2)11-6-10(17-7-19)3-4-12(11)15;1-13(2)12(15)17-11(6-20(13)19)9-5-8(16-7-18)3-4-10(9)14;1-7-4-11-9(5-10-7)12-6-8-2-3-8;1-4-2-10-5(3-9-4)6(7)8/h3-4,6-9,13H,5H2,1-2H3,(H2,16,18)(H,17,19);3-5,7,11H,6H2,1-2H3,(H2,15,17)(H,16,18);4-5,8H,2-3,6H2,1H3;2-3,6H,1H3. The van der Waals surface area contributed by atoms with Crippen LogP contribution in [0.3, 0.4) is 0 Å². The molecule has 0 radical (unpaired) electrons. The summed E-state index contributed by atoms with van der Waals surface area (Å²) in [6, 6.07) is 7.79. The van der Waals surface area contributed by atoms with Crippen LogP contribution < -0.4 is 26.8 Å². The van der Waals surface area contributed by atoms with Gasteiger partial charge in [-0.1, -0.05) is 13.8 Å². The van der Waals surface area contributed by atoms with Gasteiger partial charge in [-0.15, -0.1) is 0 Å². The number of amides is 2. The summed E-state index contributed by atoms with van der Waals surface area (Å²) in [4.78, 5) is 44.8. The van der Waals surface area contributed by atoms with E-state index in [1.165, 1.54) is 49.4 Å². The molecule has 5 atom stereocenters. The minimum atomic E-state index is -2.52. The van der Waals surface area contributed by atoms with Crippen LogP contribution in [0, 0.1) is 43.2 Å². The number of hydrogen-bond donors (Lipinski definition) is 4. The van der Waals surface area contributed by atoms with E-state index in [4.69, 9.17) is 16.2 Å². The molecule has 4 heterocycles. The van der Waals surface area contributed by atoms with Crippen molar-refractivity contribution in [3.63, 3.8) is 0 Å². The highest BCUT2D eigenvalue weighted by Crippen LogP contribution is 2.36. The van der Waals surface area contributed by atoms with Gasteiger partial charge >= 0.3 is 0 Å². The molecule has 61 heavy (non-hydrogen) atoms. The van der Waals surface area contributed by atoms with Crippen LogP contribution >= 0.6 is 0 Å². The third-order valence-corrected chi connectivity index (χ3v) is 12.1. The fraction of sp³-hybridized carbons (Fsp3) is 0.429. The van der Waals surface area contributed by atoms with E-state index in [0.29, 0.717) is 53.1 Å². The maximum absolute atomic E-state index is 13.9. The first-order valence-corrected chi connectivity index (χ1v) is 20.8. The summed E-state index contributed by atoms with van der Waals surface area (Å²) in [5.41, 5.74) is 14.8. The number of benzene rings is 2. The van der Waals surface area contributed by atoms with Crippen molar-refractivity contribution in [2.24, 2.45) is 39.2 Å². The molecule has 7 rings (SSSR count). The number of aliphatic imine (C=N–C) groups is 2. The van der Waals surface area contributed by atoms with Gasteiger partial charge in [0.25, 0.3) is 6.43 Å². The molecule has 2 amide bonds. The second kappa shape index (κ2) is 22.1. The zero-order chi connectivity index (χ0) is 44.9. The summed E-state index contributed by atoms with van der Waals surface area (Å²) >= 11 is 0. The highest BCUT2D eigenvalue weighted by molar-refractivity contribution is 7.87. The number of nitrogens with one attached hydrogen (secondary N) is 2. The number of carbonyl (C=O) groups excluding carboxylic acids is 2. The van der Waals surface area contributed by atoms with Gasteiger partial charge in [-0.3, -0.25) is 38.7 Å². The number of alkyl halides is 2. The van der Waals surface area contributed by atoms with E-state index < -0.39 is 33.8 Å². The van der Waals surface area contributed by atoms with Gasteiger partial charge in [-0.25, -0.2) is 22.5 Å². The van der Waals surface area contributed by atoms with Crippen molar-refractivity contribution in [2.45, 2.75) is 84.1 Å². The Bertz CT molecular complexity index is 2170. The zero-order valence-corrected chi connectivity index (χ0v) is 35.6. The highest BCUT2D eigenvalue weighted by Gasteiger charge is 2.38. The number of ether oxygens (including phenoxy) is 1. The van der Waals surface area contributed by atoms with E-state index in [9.17, 15) is 31.4 Å². The Labute approximate surface area is 355 Å². The van der Waals surface area contributed by atoms with E-state index in [0.717, 1.165) is 30.8 Å². The van der Waals surface area contributed by atoms with E-state index >= 15 is 0 Å². The molecular formula is C42H52F4N10O4S. The first-order chi connectivity index (χ1) is 28.9. The minimum Gasteiger partial charge on any atom is -0.476 e. The Morgan fingerprint density at radius 1 is 0.836 bits per heavy atom. The number of carbonyl (C=O) groups is 2. The Balaban J connectivity index is 0.000000186. The molecule has 2 aliphatic heterocycles. The molecule has 14 nitrogen and oxygen atoms in total. The number of anilines is 2. The monoisotopic (exact) mass is 868 g/mol. The summed E-state index contributed by atoms with van der Waals surface area (Å²) in [5.74, 6) is 2.23. The molecular weight excluding hydrogens is 817 g/mol. The number of halogens is 4. The predicted octanol–water partition coefficient (Wildman–Crippen LogP) is 7.10. The average Bonchev–Trinajstić information content (AvgIpc) is 4.06. The molecule has 2 aromatic carbocycles. The van der Waals surface area contributed by atoms with Crippen molar-refractivity contribution < 1.29 is 36.1 Å². The molecule has 4 aromatic rings. The second-order valence-corrected chi connectivity index (χ2v) is 17.3. The number of nitrogens with two attached hydrogens (primary N) is 2. The van der Waals surface area contributed by atoms with Gasteiger partial charge in [-0.05, 0) is 95.2 Å². The number of aromatic nitrogens is 4. The molecule has 0 bridgehead atoms. The second-order valence-electron chi connectivity index (χ2n) is 15.3. The highest BCUT2D eigenvalue weighted by atomic mass is 32.2. The van der Waals surface area contributed by atoms with Gasteiger partial charge in [-0.2, -0.15) is 0 Å². The predicted molar refractivity (Wildman–Crippen MR) is 228 cm³/mol. The number of hydrogen-bond acceptors (Lipinski definition) is 12.